The Morgan fingerprint density at radius 2 is 1.93 bits per heavy atom. The maximum Gasteiger partial charge on any atom is 0.286 e. The Hall–Kier alpha value is -2.13. The highest BCUT2D eigenvalue weighted by Crippen LogP contribution is 2.31. The number of alkyl halides is 1. The molecule has 1 aliphatic heterocycles. The van der Waals surface area contributed by atoms with E-state index in [4.69, 9.17) is 11.6 Å². The Morgan fingerprint density at radius 3 is 2.52 bits per heavy atom. The SMILES string of the molecule is C=C(c1ccc(F)c(Cl)c1)N1CCC(F)(CNC(O)(O)c2ncc(C)cn2)CC1. The first-order chi connectivity index (χ1) is 13.6. The normalized spacial score (nSPS) is 16.7. The summed E-state index contributed by atoms with van der Waals surface area (Å²) in [5.41, 5.74) is 0.427. The Balaban J connectivity index is 1.58. The third-order valence-electron chi connectivity index (χ3n) is 5.04. The smallest absolute Gasteiger partial charge is 0.286 e. The minimum absolute atomic E-state index is 0.00486. The molecule has 29 heavy (non-hydrogen) atoms. The second kappa shape index (κ2) is 8.31. The van der Waals surface area contributed by atoms with Crippen LogP contribution in [-0.2, 0) is 5.91 Å². The van der Waals surface area contributed by atoms with Crippen LogP contribution in [0.25, 0.3) is 5.70 Å². The van der Waals surface area contributed by atoms with Gasteiger partial charge in [0, 0.05) is 50.6 Å². The first-order valence-corrected chi connectivity index (χ1v) is 9.54. The van der Waals surface area contributed by atoms with Gasteiger partial charge in [-0.2, -0.15) is 0 Å². The van der Waals surface area contributed by atoms with Crippen LogP contribution in [0.5, 0.6) is 0 Å². The van der Waals surface area contributed by atoms with E-state index in [1.54, 1.807) is 13.0 Å². The molecular formula is C20H23ClF2N4O2. The van der Waals surface area contributed by atoms with E-state index in [9.17, 15) is 14.6 Å². The standard InChI is InChI=1S/C20H23ClF2N4O2/c1-13-10-24-18(25-11-13)20(28,29)26-12-19(23)5-7-27(8-6-19)14(2)15-3-4-17(22)16(21)9-15/h3-4,9-11,26,28-29H,2,5-8,12H2,1H3. The van der Waals surface area contributed by atoms with Gasteiger partial charge in [0.15, 0.2) is 0 Å². The van der Waals surface area contributed by atoms with Gasteiger partial charge in [0.1, 0.15) is 11.5 Å². The second-order valence-electron chi connectivity index (χ2n) is 7.32. The molecule has 0 aliphatic carbocycles. The maximum atomic E-state index is 15.2. The molecule has 6 nitrogen and oxygen atoms in total. The van der Waals surface area contributed by atoms with E-state index in [0.717, 1.165) is 5.56 Å². The molecule has 156 valence electrons. The summed E-state index contributed by atoms with van der Waals surface area (Å²) in [5, 5.41) is 22.7. The maximum absolute atomic E-state index is 15.2. The number of aryl methyl sites for hydroxylation is 1. The highest BCUT2D eigenvalue weighted by Gasteiger charge is 2.39. The molecule has 0 amide bonds. The zero-order chi connectivity index (χ0) is 21.2. The largest absolute Gasteiger partial charge is 0.371 e. The van der Waals surface area contributed by atoms with Gasteiger partial charge in [0.05, 0.1) is 5.02 Å². The average molecular weight is 425 g/mol. The summed E-state index contributed by atoms with van der Waals surface area (Å²) in [6.07, 6.45) is 3.20. The van der Waals surface area contributed by atoms with Crippen LogP contribution in [0.2, 0.25) is 5.02 Å². The van der Waals surface area contributed by atoms with Gasteiger partial charge in [-0.3, -0.25) is 5.32 Å². The lowest BCUT2D eigenvalue weighted by Gasteiger charge is -2.39. The summed E-state index contributed by atoms with van der Waals surface area (Å²) in [7, 11) is 0. The Morgan fingerprint density at radius 1 is 1.31 bits per heavy atom. The van der Waals surface area contributed by atoms with Crippen LogP contribution in [-0.4, -0.2) is 50.4 Å². The number of hydrogen-bond acceptors (Lipinski definition) is 6. The first kappa shape index (κ1) is 21.6. The molecule has 0 unspecified atom stereocenters. The number of nitrogens with one attached hydrogen (secondary N) is 1. The van der Waals surface area contributed by atoms with E-state index in [1.807, 2.05) is 4.90 Å². The van der Waals surface area contributed by atoms with Crippen molar-refractivity contribution in [1.82, 2.24) is 20.2 Å². The van der Waals surface area contributed by atoms with E-state index in [0.29, 0.717) is 24.4 Å². The number of likely N-dealkylation sites (tertiary alicyclic amines) is 1. The van der Waals surface area contributed by atoms with E-state index in [-0.39, 0.29) is 30.2 Å². The number of rotatable bonds is 6. The van der Waals surface area contributed by atoms with Crippen LogP contribution >= 0.6 is 11.6 Å². The van der Waals surface area contributed by atoms with Crippen molar-refractivity contribution in [2.45, 2.75) is 31.3 Å². The van der Waals surface area contributed by atoms with Gasteiger partial charge < -0.3 is 15.1 Å². The molecule has 1 aromatic heterocycles. The fourth-order valence-electron chi connectivity index (χ4n) is 3.15. The van der Waals surface area contributed by atoms with Crippen molar-refractivity contribution in [3.8, 4) is 0 Å². The van der Waals surface area contributed by atoms with Crippen molar-refractivity contribution >= 4 is 17.3 Å². The number of halogens is 3. The number of nitrogens with zero attached hydrogens (tertiary/aromatic N) is 3. The third-order valence-corrected chi connectivity index (χ3v) is 5.33. The van der Waals surface area contributed by atoms with Crippen LogP contribution in [0.1, 0.15) is 29.8 Å². The molecule has 9 heteroatoms. The number of piperidine rings is 1. The Bertz CT molecular complexity index is 885. The molecule has 0 bridgehead atoms. The lowest BCUT2D eigenvalue weighted by atomic mass is 9.92. The monoisotopic (exact) mass is 424 g/mol. The summed E-state index contributed by atoms with van der Waals surface area (Å²) in [6, 6.07) is 4.34. The highest BCUT2D eigenvalue weighted by molar-refractivity contribution is 6.30. The molecule has 2 aromatic rings. The highest BCUT2D eigenvalue weighted by atomic mass is 35.5. The molecule has 0 spiro atoms. The molecule has 1 aromatic carbocycles. The Kier molecular flexibility index (Phi) is 6.19. The molecule has 3 rings (SSSR count). The van der Waals surface area contributed by atoms with E-state index in [1.165, 1.54) is 24.5 Å². The topological polar surface area (TPSA) is 81.5 Å². The average Bonchev–Trinajstić information content (AvgIpc) is 2.69. The molecule has 1 fully saturated rings. The number of aliphatic hydroxyl groups is 2. The van der Waals surface area contributed by atoms with Crippen molar-refractivity contribution in [3.05, 3.63) is 65.0 Å². The van der Waals surface area contributed by atoms with Crippen molar-refractivity contribution in [2.24, 2.45) is 0 Å². The van der Waals surface area contributed by atoms with Gasteiger partial charge in [0.2, 0.25) is 5.82 Å². The van der Waals surface area contributed by atoms with E-state index >= 15 is 4.39 Å². The number of hydrogen-bond donors (Lipinski definition) is 3. The van der Waals surface area contributed by atoms with Crippen LogP contribution < -0.4 is 5.32 Å². The van der Waals surface area contributed by atoms with Crippen molar-refractivity contribution in [2.75, 3.05) is 19.6 Å². The molecule has 0 saturated carbocycles. The molecule has 2 heterocycles. The third kappa shape index (κ3) is 5.08. The predicted molar refractivity (Wildman–Crippen MR) is 106 cm³/mol. The molecule has 1 saturated heterocycles. The van der Waals surface area contributed by atoms with Crippen LogP contribution in [0.15, 0.2) is 37.2 Å². The van der Waals surface area contributed by atoms with Crippen LogP contribution in [0, 0.1) is 12.7 Å². The van der Waals surface area contributed by atoms with E-state index in [2.05, 4.69) is 21.9 Å². The van der Waals surface area contributed by atoms with Gasteiger partial charge in [-0.05, 0) is 36.2 Å². The van der Waals surface area contributed by atoms with Crippen molar-refractivity contribution in [3.63, 3.8) is 0 Å². The summed E-state index contributed by atoms with van der Waals surface area (Å²) in [6.45, 7) is 6.24. The Labute approximate surface area is 172 Å². The summed E-state index contributed by atoms with van der Waals surface area (Å²) in [5.74, 6) is -3.28. The van der Waals surface area contributed by atoms with Crippen molar-refractivity contribution in [1.29, 1.82) is 0 Å². The number of benzene rings is 1. The summed E-state index contributed by atoms with van der Waals surface area (Å²) in [4.78, 5) is 9.63. The zero-order valence-corrected chi connectivity index (χ0v) is 16.8. The quantitative estimate of drug-likeness (QED) is 0.619. The fourth-order valence-corrected chi connectivity index (χ4v) is 3.33. The number of aromatic nitrogens is 2. The second-order valence-corrected chi connectivity index (χ2v) is 7.73. The van der Waals surface area contributed by atoms with Gasteiger partial charge in [-0.25, -0.2) is 18.7 Å². The zero-order valence-electron chi connectivity index (χ0n) is 16.0. The summed E-state index contributed by atoms with van der Waals surface area (Å²) < 4.78 is 28.5. The van der Waals surface area contributed by atoms with E-state index < -0.39 is 17.4 Å². The molecule has 1 aliphatic rings. The van der Waals surface area contributed by atoms with Crippen molar-refractivity contribution < 1.29 is 19.0 Å². The van der Waals surface area contributed by atoms with Gasteiger partial charge in [-0.1, -0.05) is 18.2 Å². The minimum Gasteiger partial charge on any atom is -0.371 e. The summed E-state index contributed by atoms with van der Waals surface area (Å²) >= 11 is 5.82. The molecule has 0 atom stereocenters. The first-order valence-electron chi connectivity index (χ1n) is 9.17. The van der Waals surface area contributed by atoms with Gasteiger partial charge >= 0.3 is 0 Å². The fraction of sp³-hybridized carbons (Fsp3) is 0.400. The van der Waals surface area contributed by atoms with Gasteiger partial charge in [-0.15, -0.1) is 0 Å². The molecular weight excluding hydrogens is 402 g/mol. The van der Waals surface area contributed by atoms with Gasteiger partial charge in [0.25, 0.3) is 5.91 Å². The predicted octanol–water partition coefficient (Wildman–Crippen LogP) is 2.74. The van der Waals surface area contributed by atoms with Crippen LogP contribution in [0.4, 0.5) is 8.78 Å². The lowest BCUT2D eigenvalue weighted by Crippen LogP contribution is -2.53. The molecule has 3 N–H and O–H groups in total. The lowest BCUT2D eigenvalue weighted by molar-refractivity contribution is -0.206. The molecule has 0 radical (unpaired) electrons. The van der Waals surface area contributed by atoms with Crippen LogP contribution in [0.3, 0.4) is 0 Å². The minimum atomic E-state index is -2.53.